The number of carbonyl (C=O) groups is 3. The van der Waals surface area contributed by atoms with Crippen LogP contribution in [0.15, 0.2) is 48.5 Å². The van der Waals surface area contributed by atoms with E-state index < -0.39 is 24.5 Å². The number of nitrogens with one attached hydrogen (secondary N) is 2. The molecule has 7 nitrogen and oxygen atoms in total. The van der Waals surface area contributed by atoms with Crippen molar-refractivity contribution >= 4 is 29.2 Å². The summed E-state index contributed by atoms with van der Waals surface area (Å²) in [5, 5.41) is 5.30. The summed E-state index contributed by atoms with van der Waals surface area (Å²) in [6.45, 7) is 5.10. The quantitative estimate of drug-likeness (QED) is 0.668. The van der Waals surface area contributed by atoms with Gasteiger partial charge in [-0.1, -0.05) is 17.7 Å². The van der Waals surface area contributed by atoms with E-state index in [4.69, 9.17) is 4.74 Å². The fourth-order valence-electron chi connectivity index (χ4n) is 3.49. The molecule has 31 heavy (non-hydrogen) atoms. The van der Waals surface area contributed by atoms with Crippen molar-refractivity contribution in [1.82, 2.24) is 5.32 Å². The number of hydrogen-bond acceptors (Lipinski definition) is 5. The second-order valence-electron chi connectivity index (χ2n) is 7.82. The van der Waals surface area contributed by atoms with E-state index in [1.807, 2.05) is 37.3 Å². The van der Waals surface area contributed by atoms with Crippen LogP contribution in [-0.2, 0) is 14.3 Å². The van der Waals surface area contributed by atoms with Crippen molar-refractivity contribution in [3.8, 4) is 0 Å². The largest absolute Gasteiger partial charge is 0.454 e. The van der Waals surface area contributed by atoms with E-state index in [0.29, 0.717) is 11.3 Å². The topological polar surface area (TPSA) is 87.7 Å². The van der Waals surface area contributed by atoms with Crippen LogP contribution >= 0.6 is 0 Å². The molecule has 2 aromatic carbocycles. The van der Waals surface area contributed by atoms with Gasteiger partial charge in [0.05, 0.1) is 0 Å². The molecule has 3 rings (SSSR count). The van der Waals surface area contributed by atoms with E-state index in [1.54, 1.807) is 18.2 Å². The monoisotopic (exact) mass is 423 g/mol. The molecule has 0 saturated carbocycles. The number of esters is 1. The minimum Gasteiger partial charge on any atom is -0.454 e. The first-order valence-electron chi connectivity index (χ1n) is 10.6. The van der Waals surface area contributed by atoms with Gasteiger partial charge >= 0.3 is 5.97 Å². The van der Waals surface area contributed by atoms with Gasteiger partial charge in [0.1, 0.15) is 6.04 Å². The van der Waals surface area contributed by atoms with Gasteiger partial charge in [-0.05, 0) is 69.5 Å². The van der Waals surface area contributed by atoms with Gasteiger partial charge in [0.25, 0.3) is 11.8 Å². The van der Waals surface area contributed by atoms with Crippen molar-refractivity contribution in [2.75, 3.05) is 29.9 Å². The number of piperidine rings is 1. The summed E-state index contributed by atoms with van der Waals surface area (Å²) < 4.78 is 5.04. The molecule has 7 heteroatoms. The molecule has 1 heterocycles. The number of benzene rings is 2. The minimum absolute atomic E-state index is 0.369. The lowest BCUT2D eigenvalue weighted by molar-refractivity contribution is -0.148. The van der Waals surface area contributed by atoms with Crippen molar-refractivity contribution < 1.29 is 19.1 Å². The zero-order valence-electron chi connectivity index (χ0n) is 18.0. The lowest BCUT2D eigenvalue weighted by Crippen LogP contribution is -2.40. The van der Waals surface area contributed by atoms with E-state index in [2.05, 4.69) is 15.5 Å². The molecule has 0 unspecified atom stereocenters. The van der Waals surface area contributed by atoms with Crippen LogP contribution in [0, 0.1) is 6.92 Å². The van der Waals surface area contributed by atoms with Crippen molar-refractivity contribution in [2.24, 2.45) is 0 Å². The Morgan fingerprint density at radius 3 is 2.42 bits per heavy atom. The standard InChI is InChI=1S/C24H29N3O4/c1-17-7-6-8-19(15-17)23(29)25-18(2)24(30)31-16-22(28)26-20-9-11-21(12-10-20)27-13-4-3-5-14-27/h6-12,15,18H,3-5,13-14,16H2,1-2H3,(H,25,29)(H,26,28)/t18-/m0/s1. The second-order valence-corrected chi connectivity index (χ2v) is 7.82. The van der Waals surface area contributed by atoms with E-state index in [0.717, 1.165) is 24.3 Å². The number of amides is 2. The number of ether oxygens (including phenoxy) is 1. The van der Waals surface area contributed by atoms with Gasteiger partial charge in [0, 0.05) is 30.0 Å². The summed E-state index contributed by atoms with van der Waals surface area (Å²) >= 11 is 0. The molecule has 2 amide bonds. The molecule has 1 atom stereocenters. The Kier molecular flexibility index (Phi) is 7.65. The Hall–Kier alpha value is -3.35. The summed E-state index contributed by atoms with van der Waals surface area (Å²) in [4.78, 5) is 38.8. The Morgan fingerprint density at radius 2 is 1.74 bits per heavy atom. The summed E-state index contributed by atoms with van der Waals surface area (Å²) in [5.41, 5.74) is 3.19. The number of hydrogen-bond donors (Lipinski definition) is 2. The van der Waals surface area contributed by atoms with Crippen LogP contribution < -0.4 is 15.5 Å². The molecule has 1 aliphatic heterocycles. The maximum Gasteiger partial charge on any atom is 0.328 e. The van der Waals surface area contributed by atoms with E-state index >= 15 is 0 Å². The van der Waals surface area contributed by atoms with Gasteiger partial charge in [-0.2, -0.15) is 0 Å². The number of nitrogens with zero attached hydrogens (tertiary/aromatic N) is 1. The van der Waals surface area contributed by atoms with Crippen LogP contribution in [0.1, 0.15) is 42.1 Å². The Morgan fingerprint density at radius 1 is 1.03 bits per heavy atom. The number of rotatable bonds is 7. The van der Waals surface area contributed by atoms with E-state index in [1.165, 1.54) is 26.2 Å². The van der Waals surface area contributed by atoms with Crippen molar-refractivity contribution in [1.29, 1.82) is 0 Å². The molecule has 2 N–H and O–H groups in total. The fourth-order valence-corrected chi connectivity index (χ4v) is 3.49. The van der Waals surface area contributed by atoms with Gasteiger partial charge < -0.3 is 20.3 Å². The molecule has 0 bridgehead atoms. The SMILES string of the molecule is Cc1cccc(C(=O)N[C@@H](C)C(=O)OCC(=O)Nc2ccc(N3CCCCC3)cc2)c1. The molecule has 164 valence electrons. The molecule has 1 fully saturated rings. The van der Waals surface area contributed by atoms with Crippen molar-refractivity contribution in [2.45, 2.75) is 39.2 Å². The van der Waals surface area contributed by atoms with Crippen LogP contribution in [0.5, 0.6) is 0 Å². The number of carbonyl (C=O) groups excluding carboxylic acids is 3. The second kappa shape index (κ2) is 10.6. The van der Waals surface area contributed by atoms with Crippen molar-refractivity contribution in [3.05, 3.63) is 59.7 Å². The first kappa shape index (κ1) is 22.3. The van der Waals surface area contributed by atoms with E-state index in [-0.39, 0.29) is 5.91 Å². The lowest BCUT2D eigenvalue weighted by Gasteiger charge is -2.28. The van der Waals surface area contributed by atoms with Gasteiger partial charge in [-0.15, -0.1) is 0 Å². The molecular formula is C24H29N3O4. The van der Waals surface area contributed by atoms with Gasteiger partial charge in [-0.25, -0.2) is 4.79 Å². The van der Waals surface area contributed by atoms with Gasteiger partial charge in [0.15, 0.2) is 6.61 Å². The zero-order valence-corrected chi connectivity index (χ0v) is 18.0. The predicted molar refractivity (Wildman–Crippen MR) is 120 cm³/mol. The first-order chi connectivity index (χ1) is 14.9. The van der Waals surface area contributed by atoms with Crippen LogP contribution in [0.3, 0.4) is 0 Å². The summed E-state index contributed by atoms with van der Waals surface area (Å²) in [5.74, 6) is -1.47. The first-order valence-corrected chi connectivity index (χ1v) is 10.6. The van der Waals surface area contributed by atoms with Crippen LogP contribution in [0.2, 0.25) is 0 Å². The average molecular weight is 424 g/mol. The number of aryl methyl sites for hydroxylation is 1. The smallest absolute Gasteiger partial charge is 0.328 e. The maximum absolute atomic E-state index is 12.2. The maximum atomic E-state index is 12.2. The zero-order chi connectivity index (χ0) is 22.2. The molecule has 0 radical (unpaired) electrons. The predicted octanol–water partition coefficient (Wildman–Crippen LogP) is 3.29. The molecular weight excluding hydrogens is 394 g/mol. The molecule has 0 aromatic heterocycles. The van der Waals surface area contributed by atoms with Crippen LogP contribution in [0.25, 0.3) is 0 Å². The Bertz CT molecular complexity index is 921. The fraction of sp³-hybridized carbons (Fsp3) is 0.375. The Labute approximate surface area is 182 Å². The third-order valence-electron chi connectivity index (χ3n) is 5.20. The normalized spacial score (nSPS) is 14.5. The highest BCUT2D eigenvalue weighted by Gasteiger charge is 2.19. The highest BCUT2D eigenvalue weighted by atomic mass is 16.5. The van der Waals surface area contributed by atoms with Gasteiger partial charge in [0.2, 0.25) is 0 Å². The summed E-state index contributed by atoms with van der Waals surface area (Å²) in [6, 6.07) is 13.8. The third kappa shape index (κ3) is 6.57. The molecule has 1 saturated heterocycles. The summed E-state index contributed by atoms with van der Waals surface area (Å²) in [6.07, 6.45) is 3.68. The van der Waals surface area contributed by atoms with Crippen LogP contribution in [0.4, 0.5) is 11.4 Å². The number of anilines is 2. The molecule has 0 aliphatic carbocycles. The van der Waals surface area contributed by atoms with Crippen molar-refractivity contribution in [3.63, 3.8) is 0 Å². The lowest BCUT2D eigenvalue weighted by atomic mass is 10.1. The highest BCUT2D eigenvalue weighted by Crippen LogP contribution is 2.21. The molecule has 0 spiro atoms. The molecule has 1 aliphatic rings. The third-order valence-corrected chi connectivity index (χ3v) is 5.20. The van der Waals surface area contributed by atoms with Crippen LogP contribution in [-0.4, -0.2) is 43.5 Å². The van der Waals surface area contributed by atoms with E-state index in [9.17, 15) is 14.4 Å². The average Bonchev–Trinajstić information content (AvgIpc) is 2.78. The highest BCUT2D eigenvalue weighted by molar-refractivity contribution is 5.97. The molecule has 2 aromatic rings. The summed E-state index contributed by atoms with van der Waals surface area (Å²) in [7, 11) is 0. The van der Waals surface area contributed by atoms with Gasteiger partial charge in [-0.3, -0.25) is 9.59 Å². The minimum atomic E-state index is -0.871. The Balaban J connectivity index is 1.43.